The zero-order chi connectivity index (χ0) is 31.3. The molecule has 2 aliphatic heterocycles. The number of carboxylic acids is 1. The first-order valence-corrected chi connectivity index (χ1v) is 14.7. The summed E-state index contributed by atoms with van der Waals surface area (Å²) in [6.45, 7) is 3.35. The highest BCUT2D eigenvalue weighted by Gasteiger charge is 2.37. The lowest BCUT2D eigenvalue weighted by Crippen LogP contribution is -2.36. The van der Waals surface area contributed by atoms with Crippen molar-refractivity contribution in [1.82, 2.24) is 14.5 Å². The first-order chi connectivity index (χ1) is 20.9. The van der Waals surface area contributed by atoms with Crippen molar-refractivity contribution in [3.05, 3.63) is 92.0 Å². The van der Waals surface area contributed by atoms with Gasteiger partial charge in [0.1, 0.15) is 23.7 Å². The van der Waals surface area contributed by atoms with Crippen LogP contribution in [0.4, 0.5) is 17.6 Å². The van der Waals surface area contributed by atoms with Gasteiger partial charge in [-0.05, 0) is 67.3 Å². The van der Waals surface area contributed by atoms with Crippen molar-refractivity contribution < 1.29 is 36.9 Å². The summed E-state index contributed by atoms with van der Waals surface area (Å²) in [6.07, 6.45) is -3.60. The molecule has 7 nitrogen and oxygen atoms in total. The molecule has 0 unspecified atom stereocenters. The number of nitrogens with zero attached hydrogens (tertiary/aromatic N) is 3. The highest BCUT2D eigenvalue weighted by atomic mass is 35.5. The number of aromatic nitrogens is 2. The standard InChI is InChI=1S/C31H27Cl2F4N3O4/c1-16-22-12-27(44-15-18-2-3-20(32)11-24(18)33)23(31(35,36)37)8-17(22)4-6-39(16)14-28-38-29-25(34)9-19(30(41)42)10-26(29)40(28)13-21-5-7-43-21/h2-3,8-12,16,21H,4-7,13-15H2,1H3,(H,41,42)/t16-,21-/m0/s1. The second-order valence-corrected chi connectivity index (χ2v) is 11.9. The number of fused-ring (bicyclic) bond motifs is 2. The van der Waals surface area contributed by atoms with Crippen LogP contribution < -0.4 is 4.74 Å². The van der Waals surface area contributed by atoms with Crippen molar-refractivity contribution in [2.45, 2.75) is 57.8 Å². The molecule has 3 heterocycles. The summed E-state index contributed by atoms with van der Waals surface area (Å²) in [5, 5.41) is 10.2. The van der Waals surface area contributed by atoms with E-state index in [-0.39, 0.29) is 47.1 Å². The van der Waals surface area contributed by atoms with Crippen LogP contribution in [0.1, 0.15) is 57.8 Å². The first kappa shape index (κ1) is 30.6. The molecule has 0 spiro atoms. The van der Waals surface area contributed by atoms with Crippen LogP contribution in [0.25, 0.3) is 11.0 Å². The lowest BCUT2D eigenvalue weighted by molar-refractivity contribution is -0.139. The SMILES string of the molecule is C[C@H]1c2cc(OCc3ccc(Cl)cc3Cl)c(C(F)(F)F)cc2CCN1Cc1nc2c(F)cc(C(=O)O)cc2n1C[C@@H]1CCO1. The van der Waals surface area contributed by atoms with Gasteiger partial charge in [-0.25, -0.2) is 14.2 Å². The predicted octanol–water partition coefficient (Wildman–Crippen LogP) is 7.69. The first-order valence-electron chi connectivity index (χ1n) is 14.0. The molecule has 13 heteroatoms. The van der Waals surface area contributed by atoms with Crippen molar-refractivity contribution in [1.29, 1.82) is 0 Å². The number of alkyl halides is 3. The number of carbonyl (C=O) groups is 1. The molecule has 0 saturated carbocycles. The van der Waals surface area contributed by atoms with Crippen molar-refractivity contribution in [3.63, 3.8) is 0 Å². The molecule has 2 aliphatic rings. The second kappa shape index (κ2) is 11.8. The topological polar surface area (TPSA) is 76.8 Å². The zero-order valence-electron chi connectivity index (χ0n) is 23.4. The van der Waals surface area contributed by atoms with E-state index in [1.54, 1.807) is 16.7 Å². The third-order valence-electron chi connectivity index (χ3n) is 8.27. The van der Waals surface area contributed by atoms with Gasteiger partial charge in [0.15, 0.2) is 5.82 Å². The van der Waals surface area contributed by atoms with E-state index in [1.807, 2.05) is 11.8 Å². The molecule has 1 saturated heterocycles. The van der Waals surface area contributed by atoms with Gasteiger partial charge in [-0.15, -0.1) is 0 Å². The van der Waals surface area contributed by atoms with Gasteiger partial charge >= 0.3 is 12.1 Å². The molecule has 2 atom stereocenters. The van der Waals surface area contributed by atoms with Crippen LogP contribution >= 0.6 is 23.2 Å². The number of imidazole rings is 1. The average Bonchev–Trinajstić information content (AvgIpc) is 3.28. The van der Waals surface area contributed by atoms with Crippen LogP contribution in [0.3, 0.4) is 0 Å². The number of aromatic carboxylic acids is 1. The van der Waals surface area contributed by atoms with E-state index < -0.39 is 23.5 Å². The Bertz CT molecular complexity index is 1760. The number of hydrogen-bond acceptors (Lipinski definition) is 5. The lowest BCUT2D eigenvalue weighted by atomic mass is 9.91. The van der Waals surface area contributed by atoms with Crippen molar-refractivity contribution in [2.24, 2.45) is 0 Å². The van der Waals surface area contributed by atoms with Crippen LogP contribution in [0.5, 0.6) is 5.75 Å². The second-order valence-electron chi connectivity index (χ2n) is 11.0. The fraction of sp³-hybridized carbons (Fsp3) is 0.355. The molecule has 232 valence electrons. The Labute approximate surface area is 259 Å². The van der Waals surface area contributed by atoms with Crippen molar-refractivity contribution in [3.8, 4) is 5.75 Å². The Morgan fingerprint density at radius 3 is 2.61 bits per heavy atom. The minimum Gasteiger partial charge on any atom is -0.488 e. The summed E-state index contributed by atoms with van der Waals surface area (Å²) >= 11 is 12.2. The van der Waals surface area contributed by atoms with Gasteiger partial charge in [0.25, 0.3) is 0 Å². The highest BCUT2D eigenvalue weighted by Crippen LogP contribution is 2.42. The molecule has 1 N–H and O–H groups in total. The van der Waals surface area contributed by atoms with E-state index in [1.165, 1.54) is 18.2 Å². The van der Waals surface area contributed by atoms with E-state index in [2.05, 4.69) is 4.98 Å². The molecule has 1 aromatic heterocycles. The quantitative estimate of drug-likeness (QED) is 0.197. The monoisotopic (exact) mass is 651 g/mol. The Morgan fingerprint density at radius 2 is 1.95 bits per heavy atom. The number of benzene rings is 3. The Hall–Kier alpha value is -3.38. The number of carboxylic acid groups (broad SMARTS) is 1. The van der Waals surface area contributed by atoms with Crippen LogP contribution in [-0.4, -0.2) is 44.8 Å². The molecule has 0 aliphatic carbocycles. The molecule has 0 radical (unpaired) electrons. The Morgan fingerprint density at radius 1 is 1.18 bits per heavy atom. The highest BCUT2D eigenvalue weighted by molar-refractivity contribution is 6.35. The largest absolute Gasteiger partial charge is 0.488 e. The van der Waals surface area contributed by atoms with Crippen LogP contribution in [-0.2, 0) is 37.0 Å². The van der Waals surface area contributed by atoms with Gasteiger partial charge in [0.2, 0.25) is 0 Å². The van der Waals surface area contributed by atoms with E-state index in [0.29, 0.717) is 59.2 Å². The average molecular weight is 652 g/mol. The fourth-order valence-corrected chi connectivity index (χ4v) is 6.21. The van der Waals surface area contributed by atoms with Gasteiger partial charge in [-0.3, -0.25) is 4.90 Å². The summed E-state index contributed by atoms with van der Waals surface area (Å²) in [4.78, 5) is 18.2. The van der Waals surface area contributed by atoms with E-state index in [0.717, 1.165) is 18.6 Å². The molecule has 0 bridgehead atoms. The minimum absolute atomic E-state index is 0.0563. The molecule has 0 amide bonds. The van der Waals surface area contributed by atoms with Crippen molar-refractivity contribution >= 4 is 40.2 Å². The number of ether oxygens (including phenoxy) is 2. The van der Waals surface area contributed by atoms with Crippen molar-refractivity contribution in [2.75, 3.05) is 13.2 Å². The summed E-state index contributed by atoms with van der Waals surface area (Å²) in [5.74, 6) is -1.80. The van der Waals surface area contributed by atoms with Crippen LogP contribution in [0.15, 0.2) is 42.5 Å². The number of hydrogen-bond donors (Lipinski definition) is 1. The number of rotatable bonds is 8. The molecule has 6 rings (SSSR count). The van der Waals surface area contributed by atoms with Gasteiger partial charge < -0.3 is 19.1 Å². The molecule has 44 heavy (non-hydrogen) atoms. The van der Waals surface area contributed by atoms with E-state index >= 15 is 0 Å². The molecule has 1 fully saturated rings. The summed E-state index contributed by atoms with van der Waals surface area (Å²) < 4.78 is 70.4. The molecule has 4 aromatic rings. The Balaban J connectivity index is 1.32. The maximum Gasteiger partial charge on any atom is 0.419 e. The number of halogens is 6. The van der Waals surface area contributed by atoms with Crippen LogP contribution in [0.2, 0.25) is 10.0 Å². The molecule has 3 aromatic carbocycles. The Kier molecular flexibility index (Phi) is 8.25. The van der Waals surface area contributed by atoms with E-state index in [9.17, 15) is 27.5 Å². The van der Waals surface area contributed by atoms with Gasteiger partial charge in [-0.1, -0.05) is 29.3 Å². The predicted molar refractivity (Wildman–Crippen MR) is 156 cm³/mol. The van der Waals surface area contributed by atoms with Crippen LogP contribution in [0, 0.1) is 5.82 Å². The smallest absolute Gasteiger partial charge is 0.419 e. The third kappa shape index (κ3) is 5.98. The minimum atomic E-state index is -4.64. The summed E-state index contributed by atoms with van der Waals surface area (Å²) in [6, 6.07) is 9.28. The maximum atomic E-state index is 15.0. The maximum absolute atomic E-state index is 15.0. The summed E-state index contributed by atoms with van der Waals surface area (Å²) in [5.41, 5.74) is 1.07. The molecular weight excluding hydrogens is 625 g/mol. The lowest BCUT2D eigenvalue weighted by Gasteiger charge is -2.36. The van der Waals surface area contributed by atoms with Gasteiger partial charge in [-0.2, -0.15) is 13.2 Å². The normalized spacial score (nSPS) is 18.7. The van der Waals surface area contributed by atoms with Gasteiger partial charge in [0, 0.05) is 34.8 Å². The van der Waals surface area contributed by atoms with E-state index in [4.69, 9.17) is 32.7 Å². The molecular formula is C31H27Cl2F4N3O4. The third-order valence-corrected chi connectivity index (χ3v) is 8.86. The zero-order valence-corrected chi connectivity index (χ0v) is 24.9. The fourth-order valence-electron chi connectivity index (χ4n) is 5.74. The van der Waals surface area contributed by atoms with Gasteiger partial charge in [0.05, 0.1) is 35.8 Å². The summed E-state index contributed by atoms with van der Waals surface area (Å²) in [7, 11) is 0.